The van der Waals surface area contributed by atoms with Crippen LogP contribution in [0.5, 0.6) is 0 Å². The number of benzene rings is 1. The Bertz CT molecular complexity index is 708. The Hall–Kier alpha value is -2.16. The van der Waals surface area contributed by atoms with Crippen molar-refractivity contribution in [3.05, 3.63) is 47.3 Å². The number of aromatic nitrogens is 3. The van der Waals surface area contributed by atoms with Crippen molar-refractivity contribution in [2.75, 3.05) is 0 Å². The van der Waals surface area contributed by atoms with Gasteiger partial charge in [0.25, 0.3) is 0 Å². The van der Waals surface area contributed by atoms with Crippen molar-refractivity contribution in [2.45, 2.75) is 20.8 Å². The molecule has 3 heteroatoms. The molecule has 18 heavy (non-hydrogen) atoms. The van der Waals surface area contributed by atoms with E-state index in [1.807, 2.05) is 25.3 Å². The van der Waals surface area contributed by atoms with Gasteiger partial charge >= 0.3 is 0 Å². The molecule has 2 heterocycles. The first kappa shape index (κ1) is 11.0. The molecule has 1 N–H and O–H groups in total. The van der Waals surface area contributed by atoms with E-state index < -0.39 is 0 Å². The fourth-order valence-electron chi connectivity index (χ4n) is 2.22. The van der Waals surface area contributed by atoms with Crippen molar-refractivity contribution in [1.82, 2.24) is 15.0 Å². The number of rotatable bonds is 1. The van der Waals surface area contributed by atoms with Crippen LogP contribution in [0.15, 0.2) is 30.5 Å². The summed E-state index contributed by atoms with van der Waals surface area (Å²) in [5.41, 5.74) is 6.61. The second-order valence-corrected chi connectivity index (χ2v) is 4.75. The van der Waals surface area contributed by atoms with Crippen molar-refractivity contribution >= 4 is 11.0 Å². The molecule has 0 aliphatic heterocycles. The predicted octanol–water partition coefficient (Wildman–Crippen LogP) is 3.55. The first-order chi connectivity index (χ1) is 8.63. The number of aryl methyl sites for hydroxylation is 3. The average molecular weight is 237 g/mol. The molecule has 90 valence electrons. The van der Waals surface area contributed by atoms with Crippen LogP contribution in [-0.2, 0) is 0 Å². The molecule has 0 saturated heterocycles. The van der Waals surface area contributed by atoms with E-state index in [1.165, 1.54) is 11.1 Å². The number of fused-ring (bicyclic) bond motifs is 1. The van der Waals surface area contributed by atoms with Gasteiger partial charge in [0.2, 0.25) is 0 Å². The molecule has 0 spiro atoms. The zero-order chi connectivity index (χ0) is 12.7. The summed E-state index contributed by atoms with van der Waals surface area (Å²) in [5.74, 6) is 0.881. The zero-order valence-corrected chi connectivity index (χ0v) is 10.8. The molecule has 0 aliphatic rings. The standard InChI is InChI=1S/C15H15N3/c1-9-6-10(2)14-13(7-9)17-15(18-14)12-5-4-11(3)16-8-12/h4-8H,1-3H3,(H,17,18). The van der Waals surface area contributed by atoms with Gasteiger partial charge in [-0.25, -0.2) is 4.98 Å². The monoisotopic (exact) mass is 237 g/mol. The quantitative estimate of drug-likeness (QED) is 0.703. The first-order valence-corrected chi connectivity index (χ1v) is 6.03. The Morgan fingerprint density at radius 2 is 1.89 bits per heavy atom. The summed E-state index contributed by atoms with van der Waals surface area (Å²) in [7, 11) is 0. The Morgan fingerprint density at radius 3 is 2.61 bits per heavy atom. The average Bonchev–Trinajstić information content (AvgIpc) is 2.74. The van der Waals surface area contributed by atoms with Crippen LogP contribution in [-0.4, -0.2) is 15.0 Å². The lowest BCUT2D eigenvalue weighted by atomic mass is 10.1. The molecule has 0 saturated carbocycles. The van der Waals surface area contributed by atoms with E-state index in [4.69, 9.17) is 0 Å². The highest BCUT2D eigenvalue weighted by atomic mass is 14.9. The number of pyridine rings is 1. The molecular weight excluding hydrogens is 222 g/mol. The lowest BCUT2D eigenvalue weighted by Crippen LogP contribution is -1.84. The molecule has 1 aromatic carbocycles. The Kier molecular flexibility index (Phi) is 2.40. The van der Waals surface area contributed by atoms with Gasteiger partial charge in [0.05, 0.1) is 11.0 Å². The van der Waals surface area contributed by atoms with E-state index in [0.29, 0.717) is 0 Å². The third kappa shape index (κ3) is 1.78. The molecule has 0 atom stereocenters. The fourth-order valence-corrected chi connectivity index (χ4v) is 2.22. The number of nitrogens with one attached hydrogen (secondary N) is 1. The third-order valence-electron chi connectivity index (χ3n) is 3.11. The van der Waals surface area contributed by atoms with Crippen LogP contribution in [0, 0.1) is 20.8 Å². The molecule has 0 unspecified atom stereocenters. The van der Waals surface area contributed by atoms with Gasteiger partial charge in [-0.2, -0.15) is 0 Å². The number of hydrogen-bond donors (Lipinski definition) is 1. The maximum Gasteiger partial charge on any atom is 0.140 e. The lowest BCUT2D eigenvalue weighted by Gasteiger charge is -1.96. The van der Waals surface area contributed by atoms with Gasteiger partial charge < -0.3 is 4.98 Å². The Morgan fingerprint density at radius 1 is 1.06 bits per heavy atom. The first-order valence-electron chi connectivity index (χ1n) is 6.03. The van der Waals surface area contributed by atoms with Gasteiger partial charge in [0.1, 0.15) is 5.82 Å². The second kappa shape index (κ2) is 3.95. The van der Waals surface area contributed by atoms with Crippen LogP contribution >= 0.6 is 0 Å². The molecule has 3 aromatic rings. The molecule has 2 aromatic heterocycles. The molecular formula is C15H15N3. The maximum atomic E-state index is 4.66. The van der Waals surface area contributed by atoms with Gasteiger partial charge in [0, 0.05) is 17.5 Å². The smallest absolute Gasteiger partial charge is 0.140 e. The largest absolute Gasteiger partial charge is 0.338 e. The van der Waals surface area contributed by atoms with Gasteiger partial charge in [-0.15, -0.1) is 0 Å². The number of imidazole rings is 1. The van der Waals surface area contributed by atoms with Crippen molar-refractivity contribution < 1.29 is 0 Å². The summed E-state index contributed by atoms with van der Waals surface area (Å²) < 4.78 is 0. The van der Waals surface area contributed by atoms with E-state index in [1.54, 1.807) is 0 Å². The highest BCUT2D eigenvalue weighted by Gasteiger charge is 2.07. The number of hydrogen-bond acceptors (Lipinski definition) is 2. The van der Waals surface area contributed by atoms with Crippen molar-refractivity contribution in [2.24, 2.45) is 0 Å². The summed E-state index contributed by atoms with van der Waals surface area (Å²) in [5, 5.41) is 0. The Labute approximate surface area is 106 Å². The SMILES string of the molecule is Cc1cc(C)c2nc(-c3ccc(C)nc3)[nH]c2c1. The molecule has 0 bridgehead atoms. The Balaban J connectivity index is 2.19. The van der Waals surface area contributed by atoms with E-state index in [9.17, 15) is 0 Å². The minimum absolute atomic E-state index is 0.881. The van der Waals surface area contributed by atoms with E-state index >= 15 is 0 Å². The fraction of sp³-hybridized carbons (Fsp3) is 0.200. The second-order valence-electron chi connectivity index (χ2n) is 4.75. The maximum absolute atomic E-state index is 4.66. The van der Waals surface area contributed by atoms with Crippen LogP contribution < -0.4 is 0 Å². The van der Waals surface area contributed by atoms with E-state index in [2.05, 4.69) is 40.9 Å². The van der Waals surface area contributed by atoms with Gasteiger partial charge in [-0.05, 0) is 50.1 Å². The van der Waals surface area contributed by atoms with Crippen LogP contribution in [0.25, 0.3) is 22.4 Å². The molecule has 0 fully saturated rings. The van der Waals surface area contributed by atoms with Crippen LogP contribution in [0.4, 0.5) is 0 Å². The topological polar surface area (TPSA) is 41.6 Å². The molecule has 0 radical (unpaired) electrons. The predicted molar refractivity (Wildman–Crippen MR) is 73.5 cm³/mol. The van der Waals surface area contributed by atoms with Crippen molar-refractivity contribution in [3.63, 3.8) is 0 Å². The normalized spacial score (nSPS) is 11.1. The van der Waals surface area contributed by atoms with E-state index in [-0.39, 0.29) is 0 Å². The summed E-state index contributed by atoms with van der Waals surface area (Å²) in [6, 6.07) is 8.32. The number of nitrogens with zero attached hydrogens (tertiary/aromatic N) is 2. The third-order valence-corrected chi connectivity index (χ3v) is 3.11. The minimum atomic E-state index is 0.881. The molecule has 0 amide bonds. The van der Waals surface area contributed by atoms with Crippen molar-refractivity contribution in [1.29, 1.82) is 0 Å². The van der Waals surface area contributed by atoms with Gasteiger partial charge in [-0.3, -0.25) is 4.98 Å². The molecule has 0 aliphatic carbocycles. The van der Waals surface area contributed by atoms with Crippen LogP contribution in [0.1, 0.15) is 16.8 Å². The van der Waals surface area contributed by atoms with E-state index in [0.717, 1.165) is 28.1 Å². The zero-order valence-electron chi connectivity index (χ0n) is 10.8. The summed E-state index contributed by atoms with van der Waals surface area (Å²) in [6.45, 7) is 6.17. The van der Waals surface area contributed by atoms with Crippen LogP contribution in [0.3, 0.4) is 0 Å². The van der Waals surface area contributed by atoms with Crippen molar-refractivity contribution in [3.8, 4) is 11.4 Å². The summed E-state index contributed by atoms with van der Waals surface area (Å²) in [6.07, 6.45) is 1.86. The highest BCUT2D eigenvalue weighted by Crippen LogP contribution is 2.23. The minimum Gasteiger partial charge on any atom is -0.338 e. The summed E-state index contributed by atoms with van der Waals surface area (Å²) >= 11 is 0. The highest BCUT2D eigenvalue weighted by molar-refractivity contribution is 5.82. The molecule has 3 rings (SSSR count). The van der Waals surface area contributed by atoms with Gasteiger partial charge in [0.15, 0.2) is 0 Å². The summed E-state index contributed by atoms with van der Waals surface area (Å²) in [4.78, 5) is 12.3. The number of aromatic amines is 1. The van der Waals surface area contributed by atoms with Crippen LogP contribution in [0.2, 0.25) is 0 Å². The molecule has 3 nitrogen and oxygen atoms in total. The van der Waals surface area contributed by atoms with Gasteiger partial charge in [-0.1, -0.05) is 6.07 Å². The number of H-pyrrole nitrogens is 1. The lowest BCUT2D eigenvalue weighted by molar-refractivity contribution is 1.19.